The topological polar surface area (TPSA) is 86.0 Å². The molecule has 170 valence electrons. The van der Waals surface area contributed by atoms with Gasteiger partial charge < -0.3 is 0 Å². The highest BCUT2D eigenvalue weighted by atomic mass is 32.1. The number of amides is 1. The Morgan fingerprint density at radius 1 is 1.18 bits per heavy atom. The highest BCUT2D eigenvalue weighted by Gasteiger charge is 2.53. The van der Waals surface area contributed by atoms with Crippen molar-refractivity contribution in [3.63, 3.8) is 0 Å². The molecule has 0 bridgehead atoms. The Morgan fingerprint density at radius 3 is 2.52 bits per heavy atom. The molecule has 2 atom stereocenters. The summed E-state index contributed by atoms with van der Waals surface area (Å²) in [5.41, 5.74) is 4.26. The van der Waals surface area contributed by atoms with Gasteiger partial charge in [0.2, 0.25) is 5.91 Å². The number of carbonyl (C=O) groups is 1. The normalized spacial score (nSPS) is 21.4. The second-order valence-corrected chi connectivity index (χ2v) is 10.7. The maximum atomic E-state index is 13.5. The number of benzene rings is 1. The van der Waals surface area contributed by atoms with Crippen LogP contribution >= 0.6 is 11.3 Å². The molecule has 0 aliphatic carbocycles. The minimum atomic E-state index is -0.644. The molecular formula is C26H30N5OS+. The van der Waals surface area contributed by atoms with Crippen molar-refractivity contribution in [1.29, 1.82) is 5.41 Å². The minimum absolute atomic E-state index is 0.0367. The van der Waals surface area contributed by atoms with Crippen LogP contribution in [-0.4, -0.2) is 35.5 Å². The lowest BCUT2D eigenvalue weighted by Crippen LogP contribution is -3.03. The van der Waals surface area contributed by atoms with Crippen molar-refractivity contribution in [3.05, 3.63) is 70.2 Å². The van der Waals surface area contributed by atoms with Gasteiger partial charge >= 0.3 is 5.96 Å². The number of carbonyl (C=O) groups excluding carboxylic acids is 1. The molecule has 3 heterocycles. The number of thiophene rings is 1. The zero-order chi connectivity index (χ0) is 24.0. The van der Waals surface area contributed by atoms with Gasteiger partial charge in [0.15, 0.2) is 5.54 Å². The third-order valence-corrected chi connectivity index (χ3v) is 7.64. The molecule has 6 nitrogen and oxygen atoms in total. The van der Waals surface area contributed by atoms with Crippen molar-refractivity contribution >= 4 is 35.6 Å². The molecule has 3 N–H and O–H groups in total. The molecule has 1 aromatic carbocycles. The summed E-state index contributed by atoms with van der Waals surface area (Å²) in [6, 6.07) is 12.4. The number of aliphatic imine (C=N–C) groups is 1. The summed E-state index contributed by atoms with van der Waals surface area (Å²) < 4.78 is 0. The number of pyridine rings is 1. The Labute approximate surface area is 198 Å². The molecule has 33 heavy (non-hydrogen) atoms. The van der Waals surface area contributed by atoms with Crippen molar-refractivity contribution in [2.24, 2.45) is 4.99 Å². The summed E-state index contributed by atoms with van der Waals surface area (Å²) in [6.07, 6.45) is 3.48. The number of guanidine groups is 1. The maximum Gasteiger partial charge on any atom is 0.301 e. The van der Waals surface area contributed by atoms with E-state index in [9.17, 15) is 4.79 Å². The molecule has 1 aliphatic rings. The number of aromatic nitrogens is 1. The molecular weight excluding hydrogens is 430 g/mol. The highest BCUT2D eigenvalue weighted by Crippen LogP contribution is 2.41. The van der Waals surface area contributed by atoms with Crippen LogP contribution in [0.25, 0.3) is 11.1 Å². The van der Waals surface area contributed by atoms with E-state index in [0.717, 1.165) is 21.6 Å². The standard InChI is InChI=1S/C26H29N5OS/c1-25(2,3)19-9-7-16(8-10-19)22-23(32)31(6)24(27)30-26(22,4)21-12-18(15-33-21)17-11-20(28-5)14-29-13-17/h7-15,22H,5H2,1-4,6H3,(H2,27,30)/p+1/t22-,26+/m0/s1. The number of hydrogen-bond acceptors (Lipinski definition) is 5. The molecule has 1 aliphatic heterocycles. The van der Waals surface area contributed by atoms with Gasteiger partial charge in [-0.05, 0) is 53.3 Å². The predicted octanol–water partition coefficient (Wildman–Crippen LogP) is 4.41. The highest BCUT2D eigenvalue weighted by molar-refractivity contribution is 7.10. The molecule has 2 aromatic heterocycles. The lowest BCUT2D eigenvalue weighted by Gasteiger charge is -2.40. The van der Waals surface area contributed by atoms with Crippen molar-refractivity contribution < 1.29 is 10.1 Å². The lowest BCUT2D eigenvalue weighted by atomic mass is 9.76. The quantitative estimate of drug-likeness (QED) is 0.565. The van der Waals surface area contributed by atoms with E-state index in [0.29, 0.717) is 5.69 Å². The van der Waals surface area contributed by atoms with E-state index < -0.39 is 11.5 Å². The molecule has 1 fully saturated rings. The van der Waals surface area contributed by atoms with Crippen molar-refractivity contribution in [1.82, 2.24) is 9.88 Å². The third kappa shape index (κ3) is 4.14. The summed E-state index contributed by atoms with van der Waals surface area (Å²) >= 11 is 1.60. The Morgan fingerprint density at radius 2 is 1.88 bits per heavy atom. The number of rotatable bonds is 4. The monoisotopic (exact) mass is 460 g/mol. The first kappa shape index (κ1) is 23.0. The van der Waals surface area contributed by atoms with Crippen LogP contribution in [0.1, 0.15) is 49.6 Å². The average molecular weight is 461 g/mol. The minimum Gasteiger partial charge on any atom is -0.273 e. The van der Waals surface area contributed by atoms with E-state index in [1.807, 2.05) is 11.4 Å². The summed E-state index contributed by atoms with van der Waals surface area (Å²) in [5, 5.41) is 12.4. The molecule has 7 heteroatoms. The van der Waals surface area contributed by atoms with Gasteiger partial charge in [-0.15, -0.1) is 11.3 Å². The van der Waals surface area contributed by atoms with Crippen LogP contribution in [0.2, 0.25) is 0 Å². The fraction of sp³-hybridized carbons (Fsp3) is 0.308. The van der Waals surface area contributed by atoms with Crippen LogP contribution in [0.4, 0.5) is 5.69 Å². The van der Waals surface area contributed by atoms with Gasteiger partial charge in [-0.1, -0.05) is 45.0 Å². The second-order valence-electron chi connectivity index (χ2n) is 9.80. The van der Waals surface area contributed by atoms with Crippen molar-refractivity contribution in [2.45, 2.75) is 44.6 Å². The van der Waals surface area contributed by atoms with Gasteiger partial charge in [0.1, 0.15) is 5.92 Å². The molecule has 0 radical (unpaired) electrons. The van der Waals surface area contributed by atoms with Gasteiger partial charge in [-0.3, -0.25) is 25.0 Å². The van der Waals surface area contributed by atoms with Gasteiger partial charge in [0.25, 0.3) is 0 Å². The van der Waals surface area contributed by atoms with Crippen molar-refractivity contribution in [3.8, 4) is 11.1 Å². The van der Waals surface area contributed by atoms with Crippen LogP contribution in [0.15, 0.2) is 59.2 Å². The molecule has 3 aromatic rings. The van der Waals surface area contributed by atoms with Crippen LogP contribution in [0.5, 0.6) is 0 Å². The first-order chi connectivity index (χ1) is 15.5. The van der Waals surface area contributed by atoms with E-state index >= 15 is 0 Å². The van der Waals surface area contributed by atoms with E-state index in [4.69, 9.17) is 5.41 Å². The number of nitrogens with one attached hydrogen (secondary N) is 1. The fourth-order valence-electron chi connectivity index (χ4n) is 4.35. The number of hydrogen-bond donors (Lipinski definition) is 2. The van der Waals surface area contributed by atoms with Crippen LogP contribution in [0.3, 0.4) is 0 Å². The average Bonchev–Trinajstić information content (AvgIpc) is 3.29. The molecule has 1 amide bonds. The summed E-state index contributed by atoms with van der Waals surface area (Å²) in [4.78, 5) is 24.2. The van der Waals surface area contributed by atoms with Gasteiger partial charge in [-0.25, -0.2) is 5.41 Å². The molecule has 0 unspecified atom stereocenters. The van der Waals surface area contributed by atoms with Crippen LogP contribution in [-0.2, 0) is 15.7 Å². The Bertz CT molecular complexity index is 1220. The summed E-state index contributed by atoms with van der Waals surface area (Å²) in [5.74, 6) is -0.265. The predicted molar refractivity (Wildman–Crippen MR) is 134 cm³/mol. The van der Waals surface area contributed by atoms with E-state index in [1.165, 1.54) is 10.5 Å². The van der Waals surface area contributed by atoms with Crippen LogP contribution < -0.4 is 5.32 Å². The maximum absolute atomic E-state index is 13.5. The van der Waals surface area contributed by atoms with Gasteiger partial charge in [-0.2, -0.15) is 0 Å². The van der Waals surface area contributed by atoms with Gasteiger partial charge in [0.05, 0.1) is 16.8 Å². The van der Waals surface area contributed by atoms with E-state index in [1.54, 1.807) is 30.8 Å². The number of nitrogens with two attached hydrogens (primary N) is 1. The fourth-order valence-corrected chi connectivity index (χ4v) is 5.44. The number of nitrogens with zero attached hydrogens (tertiary/aromatic N) is 3. The third-order valence-electron chi connectivity index (χ3n) is 6.46. The Kier molecular flexibility index (Phi) is 5.80. The molecule has 1 saturated heterocycles. The largest absolute Gasteiger partial charge is 0.301 e. The number of likely N-dealkylation sites (N-methyl/N-ethyl adjacent to an activating group) is 1. The molecule has 0 saturated carbocycles. The molecule has 0 spiro atoms. The molecule has 4 rings (SSSR count). The van der Waals surface area contributed by atoms with Gasteiger partial charge in [0, 0.05) is 18.8 Å². The first-order valence-electron chi connectivity index (χ1n) is 10.9. The summed E-state index contributed by atoms with van der Waals surface area (Å²) in [6.45, 7) is 12.2. The SMILES string of the molecule is C=Nc1cncc(-c2csc([C@@]3(C)[NH2+]C(=N)N(C)C(=O)[C@@H]3c3ccc(C(C)(C)C)cc3)c2)c1. The first-order valence-corrected chi connectivity index (χ1v) is 11.8. The summed E-state index contributed by atoms with van der Waals surface area (Å²) in [7, 11) is 1.68. The Balaban J connectivity index is 1.78. The van der Waals surface area contributed by atoms with Crippen LogP contribution in [0, 0.1) is 5.41 Å². The lowest BCUT2D eigenvalue weighted by molar-refractivity contribution is -0.646. The Hall–Kier alpha value is -3.16. The smallest absolute Gasteiger partial charge is 0.273 e. The number of quaternary nitrogens is 1. The van der Waals surface area contributed by atoms with E-state index in [-0.39, 0.29) is 17.3 Å². The van der Waals surface area contributed by atoms with E-state index in [2.05, 4.69) is 80.1 Å². The van der Waals surface area contributed by atoms with Crippen molar-refractivity contribution in [2.75, 3.05) is 7.05 Å². The zero-order valence-electron chi connectivity index (χ0n) is 19.7. The zero-order valence-corrected chi connectivity index (χ0v) is 20.5. The second kappa shape index (κ2) is 8.32.